The van der Waals surface area contributed by atoms with Crippen LogP contribution in [0.15, 0.2) is 12.2 Å². The van der Waals surface area contributed by atoms with Crippen LogP contribution >= 0.6 is 0 Å². The van der Waals surface area contributed by atoms with Gasteiger partial charge in [0, 0.05) is 18.9 Å². The Kier molecular flexibility index (Phi) is 5.98. The average Bonchev–Trinajstić information content (AvgIpc) is 2.89. The van der Waals surface area contributed by atoms with Crippen molar-refractivity contribution in [3.63, 3.8) is 0 Å². The minimum absolute atomic E-state index is 0.00191. The van der Waals surface area contributed by atoms with Gasteiger partial charge in [-0.15, -0.1) is 0 Å². The second kappa shape index (κ2) is 7.68. The van der Waals surface area contributed by atoms with Crippen molar-refractivity contribution in [1.82, 2.24) is 5.32 Å². The van der Waals surface area contributed by atoms with Crippen LogP contribution in [0.1, 0.15) is 53.4 Å². The molecule has 26 heavy (non-hydrogen) atoms. The van der Waals surface area contributed by atoms with Gasteiger partial charge in [-0.05, 0) is 30.6 Å². The Morgan fingerprint density at radius 1 is 1.27 bits per heavy atom. The molecule has 146 valence electrons. The molecule has 7 heteroatoms. The Bertz CT molecular complexity index is 601. The Labute approximate surface area is 154 Å². The summed E-state index contributed by atoms with van der Waals surface area (Å²) in [6, 6.07) is 0. The van der Waals surface area contributed by atoms with E-state index in [2.05, 4.69) is 24.4 Å². The van der Waals surface area contributed by atoms with Crippen LogP contribution in [0.2, 0.25) is 0 Å². The van der Waals surface area contributed by atoms with Gasteiger partial charge in [-0.2, -0.15) is 0 Å². The highest BCUT2D eigenvalue weighted by molar-refractivity contribution is 5.72. The minimum Gasteiger partial charge on any atom is -0.481 e. The van der Waals surface area contributed by atoms with Crippen molar-refractivity contribution >= 4 is 18.0 Å². The van der Waals surface area contributed by atoms with E-state index in [4.69, 9.17) is 9.47 Å². The molecule has 0 saturated heterocycles. The summed E-state index contributed by atoms with van der Waals surface area (Å²) in [5, 5.41) is 12.0. The van der Waals surface area contributed by atoms with E-state index in [1.54, 1.807) is 13.8 Å². The van der Waals surface area contributed by atoms with E-state index < -0.39 is 29.7 Å². The first-order chi connectivity index (χ1) is 12.1. The summed E-state index contributed by atoms with van der Waals surface area (Å²) in [4.78, 5) is 34.9. The van der Waals surface area contributed by atoms with Crippen molar-refractivity contribution in [2.75, 3.05) is 6.54 Å². The highest BCUT2D eigenvalue weighted by Gasteiger charge is 2.62. The fourth-order valence-corrected chi connectivity index (χ4v) is 4.45. The first-order valence-electron chi connectivity index (χ1n) is 9.17. The molecule has 0 aromatic rings. The summed E-state index contributed by atoms with van der Waals surface area (Å²) in [6.07, 6.45) is 5.21. The SMILES string of the molecule is CC[C@@]12CC=C[C@H]1[C@](CNC(=O)O[C@@H](C)OC(=O)C(C)C)(CC(=O)O)C2. The quantitative estimate of drug-likeness (QED) is 0.388. The van der Waals surface area contributed by atoms with Gasteiger partial charge < -0.3 is 19.9 Å². The van der Waals surface area contributed by atoms with Gasteiger partial charge in [-0.3, -0.25) is 9.59 Å². The van der Waals surface area contributed by atoms with Crippen LogP contribution in [0.5, 0.6) is 0 Å². The molecule has 0 aromatic heterocycles. The lowest BCUT2D eigenvalue weighted by Gasteiger charge is -2.60. The van der Waals surface area contributed by atoms with Crippen molar-refractivity contribution in [2.45, 2.75) is 59.7 Å². The number of ether oxygens (including phenoxy) is 2. The molecule has 7 nitrogen and oxygen atoms in total. The maximum Gasteiger partial charge on any atom is 0.410 e. The Morgan fingerprint density at radius 3 is 2.54 bits per heavy atom. The number of hydrogen-bond donors (Lipinski definition) is 2. The van der Waals surface area contributed by atoms with Crippen molar-refractivity contribution in [3.8, 4) is 0 Å². The number of allylic oxidation sites excluding steroid dienone is 2. The van der Waals surface area contributed by atoms with Crippen molar-refractivity contribution in [3.05, 3.63) is 12.2 Å². The number of carbonyl (C=O) groups excluding carboxylic acids is 2. The molecule has 2 aliphatic rings. The topological polar surface area (TPSA) is 102 Å². The predicted molar refractivity (Wildman–Crippen MR) is 94.1 cm³/mol. The maximum absolute atomic E-state index is 12.0. The molecule has 2 aliphatic carbocycles. The normalized spacial score (nSPS) is 30.3. The van der Waals surface area contributed by atoms with E-state index in [1.165, 1.54) is 6.92 Å². The van der Waals surface area contributed by atoms with Crippen LogP contribution in [-0.2, 0) is 19.1 Å². The monoisotopic (exact) mass is 367 g/mol. The van der Waals surface area contributed by atoms with Gasteiger partial charge >= 0.3 is 18.0 Å². The molecule has 4 atom stereocenters. The molecule has 0 aliphatic heterocycles. The van der Waals surface area contributed by atoms with Gasteiger partial charge in [-0.1, -0.05) is 32.9 Å². The summed E-state index contributed by atoms with van der Waals surface area (Å²) < 4.78 is 10.0. The molecule has 0 aromatic carbocycles. The number of alkyl carbamates (subject to hydrolysis) is 1. The Morgan fingerprint density at radius 2 is 1.96 bits per heavy atom. The zero-order chi connectivity index (χ0) is 19.5. The maximum atomic E-state index is 12.0. The van der Waals surface area contributed by atoms with Gasteiger partial charge in [0.15, 0.2) is 0 Å². The van der Waals surface area contributed by atoms with Crippen LogP contribution < -0.4 is 5.32 Å². The first-order valence-corrected chi connectivity index (χ1v) is 9.17. The fraction of sp³-hybridized carbons (Fsp3) is 0.737. The second-order valence-electron chi connectivity index (χ2n) is 7.85. The zero-order valence-corrected chi connectivity index (χ0v) is 15.9. The number of esters is 1. The van der Waals surface area contributed by atoms with Crippen LogP contribution in [-0.4, -0.2) is 36.0 Å². The third kappa shape index (κ3) is 4.02. The first kappa shape index (κ1) is 20.3. The highest BCUT2D eigenvalue weighted by atomic mass is 16.7. The lowest BCUT2D eigenvalue weighted by molar-refractivity contribution is -0.169. The van der Waals surface area contributed by atoms with Gasteiger partial charge in [-0.25, -0.2) is 4.79 Å². The van der Waals surface area contributed by atoms with Gasteiger partial charge in [0.2, 0.25) is 6.29 Å². The molecule has 1 saturated carbocycles. The molecule has 0 radical (unpaired) electrons. The summed E-state index contributed by atoms with van der Waals surface area (Å²) in [7, 11) is 0. The molecule has 1 fully saturated rings. The van der Waals surface area contributed by atoms with E-state index in [-0.39, 0.29) is 30.2 Å². The van der Waals surface area contributed by atoms with E-state index >= 15 is 0 Å². The number of aliphatic carboxylic acids is 1. The lowest BCUT2D eigenvalue weighted by Crippen LogP contribution is -2.59. The van der Waals surface area contributed by atoms with E-state index in [0.717, 1.165) is 19.3 Å². The number of carboxylic acids is 1. The third-order valence-corrected chi connectivity index (χ3v) is 5.70. The minimum atomic E-state index is -0.997. The summed E-state index contributed by atoms with van der Waals surface area (Å²) in [5.41, 5.74) is -0.368. The van der Waals surface area contributed by atoms with Gasteiger partial charge in [0.05, 0.1) is 12.3 Å². The summed E-state index contributed by atoms with van der Waals surface area (Å²) >= 11 is 0. The predicted octanol–water partition coefficient (Wildman–Crippen LogP) is 3.10. The summed E-state index contributed by atoms with van der Waals surface area (Å²) in [5.74, 6) is -1.48. The Hall–Kier alpha value is -2.05. The molecule has 0 spiro atoms. The number of nitrogens with one attached hydrogen (secondary N) is 1. The number of carbonyl (C=O) groups is 3. The molecular formula is C19H29NO6. The largest absolute Gasteiger partial charge is 0.481 e. The van der Waals surface area contributed by atoms with Crippen molar-refractivity contribution < 1.29 is 29.0 Å². The molecule has 0 bridgehead atoms. The van der Waals surface area contributed by atoms with Crippen LogP contribution in [0.25, 0.3) is 0 Å². The molecule has 0 heterocycles. The number of amides is 1. The Balaban J connectivity index is 1.92. The third-order valence-electron chi connectivity index (χ3n) is 5.70. The number of carboxylic acid groups (broad SMARTS) is 1. The van der Waals surface area contributed by atoms with E-state index in [0.29, 0.717) is 0 Å². The number of rotatable bonds is 8. The molecule has 0 unspecified atom stereocenters. The number of hydrogen-bond acceptors (Lipinski definition) is 5. The fourth-order valence-electron chi connectivity index (χ4n) is 4.45. The number of fused-ring (bicyclic) bond motifs is 1. The van der Waals surface area contributed by atoms with Crippen LogP contribution in [0.3, 0.4) is 0 Å². The molecule has 1 amide bonds. The average molecular weight is 367 g/mol. The van der Waals surface area contributed by atoms with E-state index in [1.807, 2.05) is 0 Å². The summed E-state index contributed by atoms with van der Waals surface area (Å²) in [6.45, 7) is 7.20. The van der Waals surface area contributed by atoms with Crippen LogP contribution in [0, 0.1) is 22.7 Å². The smallest absolute Gasteiger partial charge is 0.410 e. The van der Waals surface area contributed by atoms with Crippen molar-refractivity contribution in [1.29, 1.82) is 0 Å². The van der Waals surface area contributed by atoms with Crippen LogP contribution in [0.4, 0.5) is 4.79 Å². The lowest BCUT2D eigenvalue weighted by atomic mass is 9.44. The van der Waals surface area contributed by atoms with Crippen molar-refractivity contribution in [2.24, 2.45) is 22.7 Å². The molecule has 2 N–H and O–H groups in total. The molecule has 2 rings (SSSR count). The zero-order valence-electron chi connectivity index (χ0n) is 15.9. The van der Waals surface area contributed by atoms with E-state index in [9.17, 15) is 19.5 Å². The second-order valence-corrected chi connectivity index (χ2v) is 7.85. The highest BCUT2D eigenvalue weighted by Crippen LogP contribution is 2.67. The van der Waals surface area contributed by atoms with Gasteiger partial charge in [0.1, 0.15) is 0 Å². The van der Waals surface area contributed by atoms with Gasteiger partial charge in [0.25, 0.3) is 0 Å². The molecular weight excluding hydrogens is 338 g/mol. The standard InChI is InChI=1S/C19H29NO6/c1-5-18-8-6-7-14(18)19(10-18,9-15(21)22)11-20-17(24)26-13(4)25-16(23)12(2)3/h6-7,12-14H,5,8-11H2,1-4H3,(H,20,24)(H,21,22)/t13-,14+,18-,19+/m0/s1.